The van der Waals surface area contributed by atoms with Gasteiger partial charge in [-0.15, -0.1) is 0 Å². The fourth-order valence-corrected chi connectivity index (χ4v) is 4.19. The number of benzene rings is 1. The third-order valence-corrected chi connectivity index (χ3v) is 5.80. The lowest BCUT2D eigenvalue weighted by atomic mass is 10.2. The number of rotatable bonds is 4. The Labute approximate surface area is 131 Å². The Kier molecular flexibility index (Phi) is 4.27. The van der Waals surface area contributed by atoms with E-state index in [0.29, 0.717) is 11.4 Å². The largest absolute Gasteiger partial charge is 0.299 e. The quantitative estimate of drug-likeness (QED) is 0.870. The molecule has 116 valence electrons. The van der Waals surface area contributed by atoms with Gasteiger partial charge in [0.25, 0.3) is 0 Å². The van der Waals surface area contributed by atoms with Crippen LogP contribution in [0.4, 0.5) is 0 Å². The number of hydrogen-bond donors (Lipinski definition) is 0. The molecule has 1 fully saturated rings. The average molecular weight is 316 g/mol. The summed E-state index contributed by atoms with van der Waals surface area (Å²) < 4.78 is 25.7. The summed E-state index contributed by atoms with van der Waals surface area (Å²) in [4.78, 5) is 6.76. The molecule has 0 saturated carbocycles. The van der Waals surface area contributed by atoms with E-state index in [1.165, 1.54) is 12.8 Å². The van der Waals surface area contributed by atoms with Crippen LogP contribution in [0.2, 0.25) is 0 Å². The maximum Gasteiger partial charge on any atom is 0.224 e. The van der Waals surface area contributed by atoms with Crippen LogP contribution in [0.25, 0.3) is 0 Å². The second-order valence-corrected chi connectivity index (χ2v) is 7.63. The molecule has 1 aromatic heterocycles. The lowest BCUT2D eigenvalue weighted by molar-refractivity contribution is 0.327. The van der Waals surface area contributed by atoms with Gasteiger partial charge < -0.3 is 0 Å². The van der Waals surface area contributed by atoms with Gasteiger partial charge in [0, 0.05) is 18.3 Å². The van der Waals surface area contributed by atoms with Crippen LogP contribution in [0.5, 0.6) is 0 Å². The zero-order valence-corrected chi connectivity index (χ0v) is 13.5. The van der Waals surface area contributed by atoms with Crippen molar-refractivity contribution in [2.24, 2.45) is 0 Å². The Bertz CT molecular complexity index is 748. The molecular formula is C17H20N2O2S. The van der Waals surface area contributed by atoms with E-state index in [9.17, 15) is 8.42 Å². The van der Waals surface area contributed by atoms with E-state index in [1.807, 2.05) is 25.1 Å². The number of sulfone groups is 1. The highest BCUT2D eigenvalue weighted by Crippen LogP contribution is 2.24. The molecule has 0 amide bonds. The molecule has 22 heavy (non-hydrogen) atoms. The number of aromatic nitrogens is 1. The van der Waals surface area contributed by atoms with Crippen LogP contribution < -0.4 is 0 Å². The molecular weight excluding hydrogens is 296 g/mol. The fourth-order valence-electron chi connectivity index (χ4n) is 2.80. The zero-order valence-electron chi connectivity index (χ0n) is 12.7. The summed E-state index contributed by atoms with van der Waals surface area (Å²) in [6, 6.07) is 10.6. The molecule has 3 rings (SSSR count). The molecule has 0 N–H and O–H groups in total. The van der Waals surface area contributed by atoms with Crippen LogP contribution in [0.3, 0.4) is 0 Å². The van der Waals surface area contributed by atoms with Gasteiger partial charge in [0.15, 0.2) is 5.03 Å². The number of pyridine rings is 1. The topological polar surface area (TPSA) is 50.3 Å². The molecule has 2 aromatic rings. The summed E-state index contributed by atoms with van der Waals surface area (Å²) >= 11 is 0. The molecule has 0 atom stereocenters. The Balaban J connectivity index is 1.97. The van der Waals surface area contributed by atoms with Crippen molar-refractivity contribution in [3.05, 3.63) is 53.7 Å². The molecule has 0 aliphatic carbocycles. The van der Waals surface area contributed by atoms with Gasteiger partial charge in [-0.1, -0.05) is 23.8 Å². The van der Waals surface area contributed by atoms with Gasteiger partial charge in [-0.3, -0.25) is 4.90 Å². The minimum absolute atomic E-state index is 0.186. The third-order valence-electron chi connectivity index (χ3n) is 4.03. The minimum Gasteiger partial charge on any atom is -0.299 e. The predicted octanol–water partition coefficient (Wildman–Crippen LogP) is 2.82. The molecule has 0 spiro atoms. The molecule has 0 unspecified atom stereocenters. The van der Waals surface area contributed by atoms with Gasteiger partial charge in [0.05, 0.1) is 4.90 Å². The Morgan fingerprint density at radius 1 is 1.09 bits per heavy atom. The molecule has 5 heteroatoms. The van der Waals surface area contributed by atoms with Gasteiger partial charge >= 0.3 is 0 Å². The minimum atomic E-state index is -3.57. The van der Waals surface area contributed by atoms with Crippen molar-refractivity contribution in [3.63, 3.8) is 0 Å². The van der Waals surface area contributed by atoms with E-state index in [2.05, 4.69) is 9.88 Å². The second-order valence-electron chi connectivity index (χ2n) is 5.77. The second kappa shape index (κ2) is 6.18. The number of nitrogens with zero attached hydrogens (tertiary/aromatic N) is 2. The van der Waals surface area contributed by atoms with Gasteiger partial charge in [-0.25, -0.2) is 13.4 Å². The van der Waals surface area contributed by atoms with Gasteiger partial charge in [0.2, 0.25) is 9.84 Å². The van der Waals surface area contributed by atoms with Crippen LogP contribution in [-0.2, 0) is 16.4 Å². The van der Waals surface area contributed by atoms with Crippen molar-refractivity contribution in [2.45, 2.75) is 36.2 Å². The van der Waals surface area contributed by atoms with Gasteiger partial charge in [-0.2, -0.15) is 0 Å². The predicted molar refractivity (Wildman–Crippen MR) is 85.4 cm³/mol. The van der Waals surface area contributed by atoms with E-state index in [0.717, 1.165) is 24.2 Å². The fraction of sp³-hybridized carbons (Fsp3) is 0.353. The summed E-state index contributed by atoms with van der Waals surface area (Å²) in [6.07, 6.45) is 3.91. The van der Waals surface area contributed by atoms with Crippen molar-refractivity contribution in [3.8, 4) is 0 Å². The van der Waals surface area contributed by atoms with E-state index >= 15 is 0 Å². The van der Waals surface area contributed by atoms with Crippen LogP contribution in [0.1, 0.15) is 24.0 Å². The Morgan fingerprint density at radius 2 is 1.77 bits per heavy atom. The highest BCUT2D eigenvalue weighted by atomic mass is 32.2. The first-order valence-corrected chi connectivity index (χ1v) is 9.04. The summed E-state index contributed by atoms with van der Waals surface area (Å²) in [5, 5.41) is 0.186. The van der Waals surface area contributed by atoms with Crippen molar-refractivity contribution < 1.29 is 8.42 Å². The van der Waals surface area contributed by atoms with Crippen LogP contribution in [0.15, 0.2) is 52.5 Å². The molecule has 0 radical (unpaired) electrons. The lowest BCUT2D eigenvalue weighted by Crippen LogP contribution is -2.20. The third kappa shape index (κ3) is 3.05. The average Bonchev–Trinajstić information content (AvgIpc) is 3.01. The molecule has 2 heterocycles. The smallest absolute Gasteiger partial charge is 0.224 e. The standard InChI is InChI=1S/C17H20N2O2S/c1-14-6-8-16(9-7-14)22(20,21)17-15(5-4-10-18-17)13-19-11-2-3-12-19/h4-10H,2-3,11-13H2,1H3. The Hall–Kier alpha value is -1.72. The Morgan fingerprint density at radius 3 is 2.45 bits per heavy atom. The first-order valence-electron chi connectivity index (χ1n) is 7.55. The maximum absolute atomic E-state index is 12.9. The summed E-state index contributed by atoms with van der Waals surface area (Å²) in [5.74, 6) is 0. The maximum atomic E-state index is 12.9. The number of hydrogen-bond acceptors (Lipinski definition) is 4. The van der Waals surface area contributed by atoms with Crippen molar-refractivity contribution in [1.29, 1.82) is 0 Å². The van der Waals surface area contributed by atoms with E-state index in [-0.39, 0.29) is 5.03 Å². The van der Waals surface area contributed by atoms with E-state index < -0.39 is 9.84 Å². The first kappa shape index (κ1) is 15.2. The van der Waals surface area contributed by atoms with Crippen molar-refractivity contribution in [1.82, 2.24) is 9.88 Å². The molecule has 4 nitrogen and oxygen atoms in total. The number of aryl methyl sites for hydroxylation is 1. The summed E-state index contributed by atoms with van der Waals surface area (Å²) in [6.45, 7) is 4.64. The molecule has 1 aromatic carbocycles. The van der Waals surface area contributed by atoms with Crippen LogP contribution in [0, 0.1) is 6.92 Å². The zero-order chi connectivity index (χ0) is 15.6. The van der Waals surface area contributed by atoms with Crippen molar-refractivity contribution >= 4 is 9.84 Å². The molecule has 1 aliphatic heterocycles. The SMILES string of the molecule is Cc1ccc(S(=O)(=O)c2ncccc2CN2CCCC2)cc1. The molecule has 0 bridgehead atoms. The van der Waals surface area contributed by atoms with E-state index in [1.54, 1.807) is 24.4 Å². The van der Waals surface area contributed by atoms with Crippen LogP contribution in [-0.4, -0.2) is 31.4 Å². The molecule has 1 aliphatic rings. The van der Waals surface area contributed by atoms with Gasteiger partial charge in [0.1, 0.15) is 0 Å². The monoisotopic (exact) mass is 316 g/mol. The summed E-state index contributed by atoms with van der Waals surface area (Å²) in [5.41, 5.74) is 1.82. The van der Waals surface area contributed by atoms with Crippen LogP contribution >= 0.6 is 0 Å². The summed E-state index contributed by atoms with van der Waals surface area (Å²) in [7, 11) is -3.57. The normalized spacial score (nSPS) is 16.0. The first-order chi connectivity index (χ1) is 10.6. The van der Waals surface area contributed by atoms with E-state index in [4.69, 9.17) is 0 Å². The van der Waals surface area contributed by atoms with Gasteiger partial charge in [-0.05, 0) is 51.1 Å². The number of likely N-dealkylation sites (tertiary alicyclic amines) is 1. The van der Waals surface area contributed by atoms with Crippen molar-refractivity contribution in [2.75, 3.05) is 13.1 Å². The highest BCUT2D eigenvalue weighted by molar-refractivity contribution is 7.91. The molecule has 1 saturated heterocycles. The lowest BCUT2D eigenvalue weighted by Gasteiger charge is -2.16. The highest BCUT2D eigenvalue weighted by Gasteiger charge is 2.24.